The molecule has 3 N–H and O–H groups in total. The first-order valence-corrected chi connectivity index (χ1v) is 12.1. The maximum absolute atomic E-state index is 9.09. The smallest absolute Gasteiger partial charge is 0.181 e. The second-order valence-corrected chi connectivity index (χ2v) is 9.41. The van der Waals surface area contributed by atoms with Crippen LogP contribution < -0.4 is 10.6 Å². The van der Waals surface area contributed by atoms with Crippen molar-refractivity contribution < 1.29 is 5.11 Å². The SMILES string of the molecule is Cc1cc2nc(NCCCCO)c3ncc(-c4ccc(CNC5CC5)c(Cl)c4)n3c2cc1C. The lowest BCUT2D eigenvalue weighted by Crippen LogP contribution is -2.15. The highest BCUT2D eigenvalue weighted by Crippen LogP contribution is 2.32. The number of aliphatic hydroxyl groups excluding tert-OH is 1. The summed E-state index contributed by atoms with van der Waals surface area (Å²) in [6.45, 7) is 5.95. The van der Waals surface area contributed by atoms with E-state index in [0.29, 0.717) is 6.04 Å². The largest absolute Gasteiger partial charge is 0.396 e. The maximum Gasteiger partial charge on any atom is 0.181 e. The minimum Gasteiger partial charge on any atom is -0.396 e. The molecule has 0 aliphatic heterocycles. The molecule has 0 atom stereocenters. The van der Waals surface area contributed by atoms with E-state index in [4.69, 9.17) is 26.7 Å². The number of halogens is 1. The molecule has 172 valence electrons. The van der Waals surface area contributed by atoms with Crippen LogP contribution in [0.15, 0.2) is 36.5 Å². The van der Waals surface area contributed by atoms with Crippen molar-refractivity contribution in [1.29, 1.82) is 0 Å². The normalized spacial score (nSPS) is 13.8. The van der Waals surface area contributed by atoms with Crippen LogP contribution in [0.2, 0.25) is 5.02 Å². The Morgan fingerprint density at radius 1 is 1.12 bits per heavy atom. The van der Waals surface area contributed by atoms with Crippen molar-refractivity contribution in [3.8, 4) is 11.3 Å². The minimum atomic E-state index is 0.196. The fraction of sp³-hybridized carbons (Fsp3) is 0.385. The fourth-order valence-electron chi connectivity index (χ4n) is 4.15. The molecular formula is C26H30ClN5O. The Hall–Kier alpha value is -2.67. The van der Waals surface area contributed by atoms with Gasteiger partial charge in [0, 0.05) is 36.3 Å². The number of hydrogen-bond donors (Lipinski definition) is 3. The molecule has 1 fully saturated rings. The summed E-state index contributed by atoms with van der Waals surface area (Å²) < 4.78 is 2.18. The number of unbranched alkanes of at least 4 members (excludes halogenated alkanes) is 1. The summed E-state index contributed by atoms with van der Waals surface area (Å²) in [7, 11) is 0. The Morgan fingerprint density at radius 3 is 2.70 bits per heavy atom. The first-order valence-electron chi connectivity index (χ1n) is 11.7. The maximum atomic E-state index is 9.09. The molecule has 6 nitrogen and oxygen atoms in total. The zero-order chi connectivity index (χ0) is 22.9. The van der Waals surface area contributed by atoms with Crippen LogP contribution in [-0.4, -0.2) is 38.7 Å². The van der Waals surface area contributed by atoms with E-state index < -0.39 is 0 Å². The molecule has 0 radical (unpaired) electrons. The highest BCUT2D eigenvalue weighted by molar-refractivity contribution is 6.31. The van der Waals surface area contributed by atoms with Gasteiger partial charge in [0.1, 0.15) is 0 Å². The number of benzene rings is 2. The van der Waals surface area contributed by atoms with Crippen molar-refractivity contribution in [1.82, 2.24) is 19.7 Å². The van der Waals surface area contributed by atoms with E-state index in [2.05, 4.69) is 53.1 Å². The van der Waals surface area contributed by atoms with Crippen LogP contribution in [0.1, 0.15) is 42.4 Å². The van der Waals surface area contributed by atoms with Gasteiger partial charge in [0.2, 0.25) is 0 Å². The number of aliphatic hydroxyl groups is 1. The molecule has 7 heteroatoms. The first kappa shape index (κ1) is 22.1. The lowest BCUT2D eigenvalue weighted by molar-refractivity contribution is 0.286. The molecule has 1 aliphatic carbocycles. The third kappa shape index (κ3) is 4.56. The number of rotatable bonds is 9. The van der Waals surface area contributed by atoms with Crippen molar-refractivity contribution in [2.45, 2.75) is 52.1 Å². The van der Waals surface area contributed by atoms with E-state index >= 15 is 0 Å². The van der Waals surface area contributed by atoms with Crippen LogP contribution in [0.25, 0.3) is 27.9 Å². The van der Waals surface area contributed by atoms with Crippen molar-refractivity contribution in [2.24, 2.45) is 0 Å². The van der Waals surface area contributed by atoms with Gasteiger partial charge in [-0.2, -0.15) is 0 Å². The molecule has 0 unspecified atom stereocenters. The summed E-state index contributed by atoms with van der Waals surface area (Å²) in [6, 6.07) is 11.2. The van der Waals surface area contributed by atoms with Gasteiger partial charge in [-0.3, -0.25) is 4.40 Å². The quantitative estimate of drug-likeness (QED) is 0.295. The molecule has 1 aliphatic rings. The molecule has 0 amide bonds. The molecule has 5 rings (SSSR count). The third-order valence-corrected chi connectivity index (χ3v) is 6.77. The van der Waals surface area contributed by atoms with E-state index in [-0.39, 0.29) is 6.61 Å². The van der Waals surface area contributed by atoms with Crippen LogP contribution in [0.4, 0.5) is 5.82 Å². The second kappa shape index (κ2) is 9.29. The molecule has 0 spiro atoms. The highest BCUT2D eigenvalue weighted by Gasteiger charge is 2.21. The van der Waals surface area contributed by atoms with Crippen LogP contribution in [0.3, 0.4) is 0 Å². The lowest BCUT2D eigenvalue weighted by Gasteiger charge is -2.14. The third-order valence-electron chi connectivity index (χ3n) is 6.42. The number of nitrogens with zero attached hydrogens (tertiary/aromatic N) is 3. The molecule has 0 saturated heterocycles. The molecule has 4 aromatic rings. The average molecular weight is 464 g/mol. The molecule has 33 heavy (non-hydrogen) atoms. The van der Waals surface area contributed by atoms with Gasteiger partial charge in [0.05, 0.1) is 22.9 Å². The number of anilines is 1. The van der Waals surface area contributed by atoms with E-state index in [1.807, 2.05) is 12.3 Å². The monoisotopic (exact) mass is 463 g/mol. The van der Waals surface area contributed by atoms with Crippen molar-refractivity contribution >= 4 is 34.1 Å². The van der Waals surface area contributed by atoms with Crippen molar-refractivity contribution in [3.63, 3.8) is 0 Å². The van der Waals surface area contributed by atoms with Gasteiger partial charge in [-0.15, -0.1) is 0 Å². The van der Waals surface area contributed by atoms with Gasteiger partial charge in [0.15, 0.2) is 11.5 Å². The first-order chi connectivity index (χ1) is 16.0. The van der Waals surface area contributed by atoms with Gasteiger partial charge in [0.25, 0.3) is 0 Å². The predicted octanol–water partition coefficient (Wildman–Crippen LogP) is 5.26. The summed E-state index contributed by atoms with van der Waals surface area (Å²) >= 11 is 6.68. The van der Waals surface area contributed by atoms with E-state index in [1.54, 1.807) is 0 Å². The van der Waals surface area contributed by atoms with Crippen LogP contribution in [0.5, 0.6) is 0 Å². The molecule has 0 bridgehead atoms. The Labute approximate surface area is 199 Å². The van der Waals surface area contributed by atoms with Gasteiger partial charge < -0.3 is 15.7 Å². The number of nitrogens with one attached hydrogen (secondary N) is 2. The van der Waals surface area contributed by atoms with Crippen LogP contribution >= 0.6 is 11.6 Å². The standard InChI is InChI=1S/C26H30ClN5O/c1-16-11-22-23(12-17(16)2)32-24(15-30-26(32)25(31-22)28-9-3-4-10-33)18-5-6-19(21(27)13-18)14-29-20-7-8-20/h5-6,11-13,15,20,29,33H,3-4,7-10,14H2,1-2H3,(H,28,31). The Kier molecular flexibility index (Phi) is 6.23. The topological polar surface area (TPSA) is 74.5 Å². The number of aromatic nitrogens is 3. The average Bonchev–Trinajstić information content (AvgIpc) is 3.52. The Balaban J connectivity index is 1.59. The molecule has 2 heterocycles. The van der Waals surface area contributed by atoms with Crippen molar-refractivity contribution in [2.75, 3.05) is 18.5 Å². The van der Waals surface area contributed by atoms with Crippen molar-refractivity contribution in [3.05, 3.63) is 58.2 Å². The minimum absolute atomic E-state index is 0.196. The molecule has 2 aromatic carbocycles. The zero-order valence-electron chi connectivity index (χ0n) is 19.2. The summed E-state index contributed by atoms with van der Waals surface area (Å²) in [5, 5.41) is 16.8. The summed E-state index contributed by atoms with van der Waals surface area (Å²) in [6.07, 6.45) is 6.05. The Bertz CT molecular complexity index is 1310. The Morgan fingerprint density at radius 2 is 1.94 bits per heavy atom. The fourth-order valence-corrected chi connectivity index (χ4v) is 4.39. The summed E-state index contributed by atoms with van der Waals surface area (Å²) in [5.41, 5.74) is 8.29. The molecule has 1 saturated carbocycles. The second-order valence-electron chi connectivity index (χ2n) is 9.01. The number of hydrogen-bond acceptors (Lipinski definition) is 5. The number of aryl methyl sites for hydroxylation is 2. The molecule has 2 aromatic heterocycles. The van der Waals surface area contributed by atoms with E-state index in [0.717, 1.165) is 70.3 Å². The van der Waals surface area contributed by atoms with Gasteiger partial charge in [-0.05, 0) is 74.4 Å². The zero-order valence-corrected chi connectivity index (χ0v) is 19.9. The highest BCUT2D eigenvalue weighted by atomic mass is 35.5. The van der Waals surface area contributed by atoms with Gasteiger partial charge in [-0.25, -0.2) is 9.97 Å². The lowest BCUT2D eigenvalue weighted by atomic mass is 10.1. The number of fused-ring (bicyclic) bond motifs is 3. The van der Waals surface area contributed by atoms with E-state index in [1.165, 1.54) is 24.0 Å². The molecular weight excluding hydrogens is 434 g/mol. The van der Waals surface area contributed by atoms with Crippen LogP contribution in [0, 0.1) is 13.8 Å². The van der Waals surface area contributed by atoms with Gasteiger partial charge in [-0.1, -0.05) is 23.7 Å². The summed E-state index contributed by atoms with van der Waals surface area (Å²) in [4.78, 5) is 9.65. The van der Waals surface area contributed by atoms with E-state index in [9.17, 15) is 0 Å². The van der Waals surface area contributed by atoms with Crippen LogP contribution in [-0.2, 0) is 6.54 Å². The number of imidazole rings is 1. The predicted molar refractivity (Wildman–Crippen MR) is 135 cm³/mol. The van der Waals surface area contributed by atoms with Gasteiger partial charge >= 0.3 is 0 Å². The summed E-state index contributed by atoms with van der Waals surface area (Å²) in [5.74, 6) is 0.756.